The molecule has 1 saturated heterocycles. The predicted molar refractivity (Wildman–Crippen MR) is 71.0 cm³/mol. The molecule has 2 heterocycles. The van der Waals surface area contributed by atoms with Crippen molar-refractivity contribution in [2.75, 3.05) is 13.2 Å². The first-order valence-electron chi connectivity index (χ1n) is 6.64. The van der Waals surface area contributed by atoms with Gasteiger partial charge in [-0.2, -0.15) is 5.10 Å². The standard InChI is InChI=1S/C13H21ClN2O2/c1-3-10-12(14)11(16(4-2)15-10)8-13(17)6-5-7-18-9-13/h17H,3-9H2,1-2H3. The molecule has 1 aliphatic heterocycles. The second kappa shape index (κ2) is 5.59. The van der Waals surface area contributed by atoms with Crippen molar-refractivity contribution in [1.82, 2.24) is 9.78 Å². The maximum absolute atomic E-state index is 10.5. The summed E-state index contributed by atoms with van der Waals surface area (Å²) in [7, 11) is 0. The van der Waals surface area contributed by atoms with Gasteiger partial charge >= 0.3 is 0 Å². The number of halogens is 1. The lowest BCUT2D eigenvalue weighted by Gasteiger charge is -2.32. The molecule has 1 N–H and O–H groups in total. The molecule has 0 bridgehead atoms. The van der Waals surface area contributed by atoms with Crippen molar-refractivity contribution in [2.24, 2.45) is 0 Å². The first kappa shape index (κ1) is 13.8. The summed E-state index contributed by atoms with van der Waals surface area (Å²) >= 11 is 6.35. The van der Waals surface area contributed by atoms with E-state index in [0.717, 1.165) is 43.8 Å². The molecule has 1 fully saturated rings. The van der Waals surface area contributed by atoms with Crippen molar-refractivity contribution < 1.29 is 9.84 Å². The smallest absolute Gasteiger partial charge is 0.0936 e. The lowest BCUT2D eigenvalue weighted by atomic mass is 9.91. The summed E-state index contributed by atoms with van der Waals surface area (Å²) in [6.07, 6.45) is 3.00. The van der Waals surface area contributed by atoms with Gasteiger partial charge in [-0.25, -0.2) is 0 Å². The fourth-order valence-electron chi connectivity index (χ4n) is 2.47. The zero-order valence-corrected chi connectivity index (χ0v) is 11.8. The van der Waals surface area contributed by atoms with Crippen molar-refractivity contribution >= 4 is 11.6 Å². The largest absolute Gasteiger partial charge is 0.387 e. The highest BCUT2D eigenvalue weighted by Crippen LogP contribution is 2.29. The van der Waals surface area contributed by atoms with Gasteiger partial charge in [0.25, 0.3) is 0 Å². The zero-order valence-electron chi connectivity index (χ0n) is 11.1. The third-order valence-electron chi connectivity index (χ3n) is 3.49. The normalized spacial score (nSPS) is 24.4. The molecule has 1 aromatic rings. The SMILES string of the molecule is CCc1nn(CC)c(CC2(O)CCCOC2)c1Cl. The number of nitrogens with zero attached hydrogens (tertiary/aromatic N) is 2. The summed E-state index contributed by atoms with van der Waals surface area (Å²) < 4.78 is 7.28. The first-order valence-corrected chi connectivity index (χ1v) is 7.01. The van der Waals surface area contributed by atoms with E-state index in [0.29, 0.717) is 18.1 Å². The summed E-state index contributed by atoms with van der Waals surface area (Å²) in [5.74, 6) is 0. The zero-order chi connectivity index (χ0) is 13.2. The van der Waals surface area contributed by atoms with Gasteiger partial charge in [-0.15, -0.1) is 0 Å². The highest BCUT2D eigenvalue weighted by atomic mass is 35.5. The van der Waals surface area contributed by atoms with Crippen LogP contribution >= 0.6 is 11.6 Å². The molecule has 0 aromatic carbocycles. The number of rotatable bonds is 4. The molecule has 18 heavy (non-hydrogen) atoms. The average Bonchev–Trinajstić information content (AvgIpc) is 2.67. The molecule has 0 spiro atoms. The van der Waals surface area contributed by atoms with Crippen LogP contribution in [-0.2, 0) is 24.1 Å². The van der Waals surface area contributed by atoms with E-state index in [1.807, 2.05) is 18.5 Å². The second-order valence-electron chi connectivity index (χ2n) is 4.93. The van der Waals surface area contributed by atoms with Crippen LogP contribution in [0.4, 0.5) is 0 Å². The lowest BCUT2D eigenvalue weighted by molar-refractivity contribution is -0.0854. The average molecular weight is 273 g/mol. The monoisotopic (exact) mass is 272 g/mol. The number of aliphatic hydroxyl groups is 1. The number of hydrogen-bond acceptors (Lipinski definition) is 3. The molecule has 1 unspecified atom stereocenters. The Bertz CT molecular complexity index is 411. The minimum Gasteiger partial charge on any atom is -0.387 e. The van der Waals surface area contributed by atoms with Crippen LogP contribution in [0.15, 0.2) is 0 Å². The van der Waals surface area contributed by atoms with Crippen LogP contribution in [0, 0.1) is 0 Å². The van der Waals surface area contributed by atoms with E-state index in [2.05, 4.69) is 5.10 Å². The number of ether oxygens (including phenoxy) is 1. The Labute approximate surface area is 113 Å². The Balaban J connectivity index is 2.24. The number of aromatic nitrogens is 2. The molecule has 0 amide bonds. The maximum atomic E-state index is 10.5. The maximum Gasteiger partial charge on any atom is 0.0936 e. The Morgan fingerprint density at radius 2 is 2.28 bits per heavy atom. The van der Waals surface area contributed by atoms with Crippen LogP contribution in [0.25, 0.3) is 0 Å². The van der Waals surface area contributed by atoms with E-state index in [4.69, 9.17) is 16.3 Å². The third-order valence-corrected chi connectivity index (χ3v) is 3.93. The highest BCUT2D eigenvalue weighted by molar-refractivity contribution is 6.31. The van der Waals surface area contributed by atoms with Crippen molar-refractivity contribution in [3.63, 3.8) is 0 Å². The van der Waals surface area contributed by atoms with Crippen LogP contribution in [0.5, 0.6) is 0 Å². The molecule has 5 heteroatoms. The summed E-state index contributed by atoms with van der Waals surface area (Å²) in [4.78, 5) is 0. The quantitative estimate of drug-likeness (QED) is 0.914. The van der Waals surface area contributed by atoms with Gasteiger partial charge in [-0.3, -0.25) is 4.68 Å². The van der Waals surface area contributed by atoms with E-state index in [1.54, 1.807) is 0 Å². The summed E-state index contributed by atoms with van der Waals surface area (Å²) in [6, 6.07) is 0. The Morgan fingerprint density at radius 3 is 2.83 bits per heavy atom. The molecule has 0 saturated carbocycles. The molecular weight excluding hydrogens is 252 g/mol. The lowest BCUT2D eigenvalue weighted by Crippen LogP contribution is -2.41. The topological polar surface area (TPSA) is 47.3 Å². The predicted octanol–water partition coefficient (Wildman–Crippen LogP) is 2.20. The summed E-state index contributed by atoms with van der Waals surface area (Å²) in [5.41, 5.74) is 1.05. The van der Waals surface area contributed by atoms with Crippen LogP contribution in [0.3, 0.4) is 0 Å². The number of hydrogen-bond donors (Lipinski definition) is 1. The van der Waals surface area contributed by atoms with Crippen molar-refractivity contribution in [2.45, 2.75) is 51.7 Å². The fraction of sp³-hybridized carbons (Fsp3) is 0.769. The van der Waals surface area contributed by atoms with Crippen molar-refractivity contribution in [1.29, 1.82) is 0 Å². The molecule has 2 rings (SSSR count). The van der Waals surface area contributed by atoms with Gasteiger partial charge in [0.2, 0.25) is 0 Å². The van der Waals surface area contributed by atoms with E-state index in [1.165, 1.54) is 0 Å². The molecule has 0 aliphatic carbocycles. The second-order valence-corrected chi connectivity index (χ2v) is 5.31. The van der Waals surface area contributed by atoms with Gasteiger partial charge < -0.3 is 9.84 Å². The van der Waals surface area contributed by atoms with E-state index < -0.39 is 5.60 Å². The van der Waals surface area contributed by atoms with E-state index in [9.17, 15) is 5.11 Å². The molecule has 102 valence electrons. The fourth-order valence-corrected chi connectivity index (χ4v) is 2.81. The Hall–Kier alpha value is -0.580. The number of aryl methyl sites for hydroxylation is 2. The minimum absolute atomic E-state index is 0.389. The van der Waals surface area contributed by atoms with Gasteiger partial charge in [-0.05, 0) is 26.2 Å². The Kier molecular flexibility index (Phi) is 4.30. The van der Waals surface area contributed by atoms with Crippen molar-refractivity contribution in [3.05, 3.63) is 16.4 Å². The first-order chi connectivity index (χ1) is 8.59. The summed E-state index contributed by atoms with van der Waals surface area (Å²) in [6.45, 7) is 5.97. The molecule has 0 radical (unpaired) electrons. The van der Waals surface area contributed by atoms with E-state index in [-0.39, 0.29) is 0 Å². The molecule has 1 atom stereocenters. The van der Waals surface area contributed by atoms with Gasteiger partial charge in [0.05, 0.1) is 28.6 Å². The minimum atomic E-state index is -0.792. The Morgan fingerprint density at radius 1 is 1.50 bits per heavy atom. The van der Waals surface area contributed by atoms with Gasteiger partial charge in [-0.1, -0.05) is 18.5 Å². The highest BCUT2D eigenvalue weighted by Gasteiger charge is 2.33. The van der Waals surface area contributed by atoms with Crippen LogP contribution < -0.4 is 0 Å². The van der Waals surface area contributed by atoms with Crippen molar-refractivity contribution in [3.8, 4) is 0 Å². The summed E-state index contributed by atoms with van der Waals surface area (Å²) in [5, 5.41) is 15.7. The van der Waals surface area contributed by atoms with Crippen LogP contribution in [-0.4, -0.2) is 33.7 Å². The van der Waals surface area contributed by atoms with Gasteiger partial charge in [0, 0.05) is 19.6 Å². The molecular formula is C13H21ClN2O2. The van der Waals surface area contributed by atoms with Crippen LogP contribution in [0.2, 0.25) is 5.02 Å². The molecule has 1 aromatic heterocycles. The molecule has 1 aliphatic rings. The van der Waals surface area contributed by atoms with Gasteiger partial charge in [0.1, 0.15) is 0 Å². The van der Waals surface area contributed by atoms with E-state index >= 15 is 0 Å². The van der Waals surface area contributed by atoms with Crippen LogP contribution in [0.1, 0.15) is 38.1 Å². The third kappa shape index (κ3) is 2.71. The van der Waals surface area contributed by atoms with Gasteiger partial charge in [0.15, 0.2) is 0 Å². The molecule has 4 nitrogen and oxygen atoms in total.